The summed E-state index contributed by atoms with van der Waals surface area (Å²) >= 11 is 0. The van der Waals surface area contributed by atoms with Crippen molar-refractivity contribution < 1.29 is 14.3 Å². The molecule has 56 valence electrons. The molecule has 0 aromatic heterocycles. The first-order valence-electron chi connectivity index (χ1n) is 2.91. The van der Waals surface area contributed by atoms with E-state index in [9.17, 15) is 9.59 Å². The first-order chi connectivity index (χ1) is 4.70. The van der Waals surface area contributed by atoms with Gasteiger partial charge in [0.1, 0.15) is 6.61 Å². The molecule has 0 aromatic rings. The van der Waals surface area contributed by atoms with Crippen LogP contribution in [0.15, 0.2) is 0 Å². The minimum atomic E-state index is -0.491. The second kappa shape index (κ2) is 2.55. The fourth-order valence-electron chi connectivity index (χ4n) is 0.685. The molecule has 2 amide bonds. The highest BCUT2D eigenvalue weighted by molar-refractivity contribution is 5.77. The molecule has 0 aromatic carbocycles. The Balaban J connectivity index is 2.40. The van der Waals surface area contributed by atoms with Crippen molar-refractivity contribution in [1.29, 1.82) is 0 Å². The van der Waals surface area contributed by atoms with Gasteiger partial charge in [-0.05, 0) is 0 Å². The van der Waals surface area contributed by atoms with Gasteiger partial charge in [0.25, 0.3) is 0 Å². The number of ether oxygens (including phenoxy) is 1. The predicted molar refractivity (Wildman–Crippen MR) is 31.9 cm³/mol. The third-order valence-electron chi connectivity index (χ3n) is 1.05. The summed E-state index contributed by atoms with van der Waals surface area (Å²) in [5.74, 6) is -0.265. The topological polar surface area (TPSA) is 58.6 Å². The summed E-state index contributed by atoms with van der Waals surface area (Å²) in [5, 5.41) is 1.14. The van der Waals surface area contributed by atoms with Crippen LogP contribution in [0.1, 0.15) is 6.92 Å². The molecule has 0 radical (unpaired) electrons. The molecule has 1 saturated heterocycles. The Kier molecular flexibility index (Phi) is 1.75. The summed E-state index contributed by atoms with van der Waals surface area (Å²) in [4.78, 5) is 21.0. The summed E-state index contributed by atoms with van der Waals surface area (Å²) in [5.41, 5.74) is 2.31. The van der Waals surface area contributed by atoms with Crippen LogP contribution in [-0.4, -0.2) is 30.2 Å². The van der Waals surface area contributed by atoms with Crippen LogP contribution in [0.5, 0.6) is 0 Å². The van der Waals surface area contributed by atoms with E-state index in [1.165, 1.54) is 6.92 Å². The van der Waals surface area contributed by atoms with E-state index in [-0.39, 0.29) is 5.91 Å². The summed E-state index contributed by atoms with van der Waals surface area (Å²) in [6.07, 6.45) is -0.491. The summed E-state index contributed by atoms with van der Waals surface area (Å²) in [6.45, 7) is 2.11. The summed E-state index contributed by atoms with van der Waals surface area (Å²) in [6, 6.07) is 0. The first-order valence-corrected chi connectivity index (χ1v) is 2.91. The smallest absolute Gasteiger partial charge is 0.428 e. The van der Waals surface area contributed by atoms with Gasteiger partial charge in [-0.25, -0.2) is 9.80 Å². The number of nitrogens with one attached hydrogen (secondary N) is 1. The lowest BCUT2D eigenvalue weighted by molar-refractivity contribution is -0.122. The Morgan fingerprint density at radius 2 is 2.50 bits per heavy atom. The minimum absolute atomic E-state index is 0.265. The highest BCUT2D eigenvalue weighted by Crippen LogP contribution is 1.97. The Hall–Kier alpha value is -1.26. The molecule has 1 aliphatic rings. The molecule has 5 nitrogen and oxygen atoms in total. The van der Waals surface area contributed by atoms with Crippen LogP contribution in [0.2, 0.25) is 0 Å². The molecular formula is C5H8N2O3. The van der Waals surface area contributed by atoms with Crippen LogP contribution in [0.3, 0.4) is 0 Å². The van der Waals surface area contributed by atoms with E-state index in [2.05, 4.69) is 10.2 Å². The highest BCUT2D eigenvalue weighted by atomic mass is 16.6. The molecule has 0 saturated carbocycles. The quantitative estimate of drug-likeness (QED) is 0.539. The average molecular weight is 144 g/mol. The number of rotatable bonds is 1. The van der Waals surface area contributed by atoms with Crippen molar-refractivity contribution in [2.24, 2.45) is 0 Å². The van der Waals surface area contributed by atoms with E-state index in [0.717, 1.165) is 5.01 Å². The minimum Gasteiger partial charge on any atom is -0.446 e. The molecule has 1 N–H and O–H groups in total. The van der Waals surface area contributed by atoms with Gasteiger partial charge in [0.2, 0.25) is 5.91 Å². The normalized spacial score (nSPS) is 16.9. The van der Waals surface area contributed by atoms with Crippen LogP contribution in [-0.2, 0) is 9.53 Å². The second-order valence-electron chi connectivity index (χ2n) is 1.93. The lowest BCUT2D eigenvalue weighted by Gasteiger charge is -2.10. The van der Waals surface area contributed by atoms with Crippen LogP contribution in [0.4, 0.5) is 4.79 Å². The van der Waals surface area contributed by atoms with Crippen molar-refractivity contribution in [1.82, 2.24) is 10.4 Å². The molecule has 1 rings (SSSR count). The number of hydrazine groups is 1. The number of amides is 2. The molecule has 0 aliphatic carbocycles. The maximum absolute atomic E-state index is 10.6. The average Bonchev–Trinajstić information content (AvgIpc) is 2.15. The standard InChI is InChI=1S/C5H8N2O3/c1-4(8)6-7-2-3-10-5(7)9/h2-3H2,1H3,(H,6,8). The van der Waals surface area contributed by atoms with Gasteiger partial charge in [-0.1, -0.05) is 0 Å². The zero-order chi connectivity index (χ0) is 7.56. The van der Waals surface area contributed by atoms with Gasteiger partial charge in [0.15, 0.2) is 0 Å². The summed E-state index contributed by atoms with van der Waals surface area (Å²) < 4.78 is 4.54. The number of carbonyl (C=O) groups excluding carboxylic acids is 2. The van der Waals surface area contributed by atoms with Crippen LogP contribution in [0, 0.1) is 0 Å². The molecule has 0 bridgehead atoms. The maximum Gasteiger partial charge on any atom is 0.428 e. The lowest BCUT2D eigenvalue weighted by atomic mass is 10.7. The van der Waals surface area contributed by atoms with Crippen molar-refractivity contribution in [2.45, 2.75) is 6.92 Å². The number of carbonyl (C=O) groups is 2. The number of hydrogen-bond acceptors (Lipinski definition) is 3. The third kappa shape index (κ3) is 1.37. The van der Waals surface area contributed by atoms with E-state index in [0.29, 0.717) is 13.2 Å². The van der Waals surface area contributed by atoms with Crippen molar-refractivity contribution in [3.63, 3.8) is 0 Å². The Morgan fingerprint density at radius 1 is 1.80 bits per heavy atom. The molecule has 1 fully saturated rings. The van der Waals surface area contributed by atoms with E-state index < -0.39 is 6.09 Å². The fraction of sp³-hybridized carbons (Fsp3) is 0.600. The van der Waals surface area contributed by atoms with Crippen LogP contribution < -0.4 is 5.43 Å². The first kappa shape index (κ1) is 6.85. The van der Waals surface area contributed by atoms with Crippen LogP contribution in [0.25, 0.3) is 0 Å². The number of hydrogen-bond donors (Lipinski definition) is 1. The second-order valence-corrected chi connectivity index (χ2v) is 1.93. The summed E-state index contributed by atoms with van der Waals surface area (Å²) in [7, 11) is 0. The molecule has 10 heavy (non-hydrogen) atoms. The predicted octanol–water partition coefficient (Wildman–Crippen LogP) is -0.510. The molecule has 1 aliphatic heterocycles. The van der Waals surface area contributed by atoms with Gasteiger partial charge < -0.3 is 4.74 Å². The number of nitrogens with zero attached hydrogens (tertiary/aromatic N) is 1. The highest BCUT2D eigenvalue weighted by Gasteiger charge is 2.22. The molecule has 0 atom stereocenters. The van der Waals surface area contributed by atoms with Crippen molar-refractivity contribution in [3.8, 4) is 0 Å². The Morgan fingerprint density at radius 3 is 2.90 bits per heavy atom. The van der Waals surface area contributed by atoms with Gasteiger partial charge in [-0.3, -0.25) is 10.2 Å². The Labute approximate surface area is 57.9 Å². The zero-order valence-electron chi connectivity index (χ0n) is 5.59. The molecular weight excluding hydrogens is 136 g/mol. The molecule has 0 spiro atoms. The van der Waals surface area contributed by atoms with Crippen LogP contribution >= 0.6 is 0 Å². The van der Waals surface area contributed by atoms with Crippen molar-refractivity contribution >= 4 is 12.0 Å². The van der Waals surface area contributed by atoms with E-state index >= 15 is 0 Å². The van der Waals surface area contributed by atoms with Gasteiger partial charge in [0, 0.05) is 6.92 Å². The largest absolute Gasteiger partial charge is 0.446 e. The monoisotopic (exact) mass is 144 g/mol. The fourth-order valence-corrected chi connectivity index (χ4v) is 0.685. The van der Waals surface area contributed by atoms with E-state index in [4.69, 9.17) is 0 Å². The zero-order valence-corrected chi connectivity index (χ0v) is 5.59. The molecule has 5 heteroatoms. The number of cyclic esters (lactones) is 1. The van der Waals surface area contributed by atoms with Crippen molar-refractivity contribution in [2.75, 3.05) is 13.2 Å². The SMILES string of the molecule is CC(=O)NN1CCOC1=O. The van der Waals surface area contributed by atoms with E-state index in [1.807, 2.05) is 0 Å². The maximum atomic E-state index is 10.6. The van der Waals surface area contributed by atoms with E-state index in [1.54, 1.807) is 0 Å². The third-order valence-corrected chi connectivity index (χ3v) is 1.05. The van der Waals surface area contributed by atoms with Gasteiger partial charge in [-0.2, -0.15) is 0 Å². The molecule has 1 heterocycles. The van der Waals surface area contributed by atoms with Gasteiger partial charge in [0.05, 0.1) is 6.54 Å². The molecule has 0 unspecified atom stereocenters. The lowest BCUT2D eigenvalue weighted by Crippen LogP contribution is -2.41. The van der Waals surface area contributed by atoms with Gasteiger partial charge in [-0.15, -0.1) is 0 Å². The van der Waals surface area contributed by atoms with Crippen molar-refractivity contribution in [3.05, 3.63) is 0 Å². The Bertz CT molecular complexity index is 168. The van der Waals surface area contributed by atoms with Gasteiger partial charge >= 0.3 is 6.09 Å².